The van der Waals surface area contributed by atoms with E-state index in [9.17, 15) is 0 Å². The summed E-state index contributed by atoms with van der Waals surface area (Å²) in [6, 6.07) is 31.5. The Kier molecular flexibility index (Phi) is 4.19. The van der Waals surface area contributed by atoms with E-state index in [1.165, 1.54) is 16.3 Å². The van der Waals surface area contributed by atoms with Gasteiger partial charge in [-0.05, 0) is 46.2 Å². The zero-order valence-corrected chi connectivity index (χ0v) is 15.3. The fourth-order valence-electron chi connectivity index (χ4n) is 3.50. The third-order valence-corrected chi connectivity index (χ3v) is 4.95. The van der Waals surface area contributed by atoms with Gasteiger partial charge in [-0.1, -0.05) is 66.7 Å². The average molecular weight is 361 g/mol. The van der Waals surface area contributed by atoms with Gasteiger partial charge in [-0.15, -0.1) is 0 Å². The van der Waals surface area contributed by atoms with Crippen LogP contribution in [-0.4, -0.2) is 9.97 Å². The second kappa shape index (κ2) is 7.12. The highest BCUT2D eigenvalue weighted by atomic mass is 15.0. The summed E-state index contributed by atoms with van der Waals surface area (Å²) in [6.45, 7) is 0.715. The molecule has 3 nitrogen and oxygen atoms in total. The number of fused-ring (bicyclic) bond motifs is 2. The lowest BCUT2D eigenvalue weighted by Crippen LogP contribution is -2.04. The van der Waals surface area contributed by atoms with Gasteiger partial charge in [0.25, 0.3) is 0 Å². The predicted octanol–water partition coefficient (Wildman–Crippen LogP) is 6.06. The van der Waals surface area contributed by atoms with E-state index in [1.54, 1.807) is 6.20 Å². The minimum absolute atomic E-state index is 0.715. The van der Waals surface area contributed by atoms with Gasteiger partial charge in [0.1, 0.15) is 5.82 Å². The van der Waals surface area contributed by atoms with Crippen LogP contribution in [0.3, 0.4) is 0 Å². The van der Waals surface area contributed by atoms with Crippen LogP contribution >= 0.6 is 0 Å². The van der Waals surface area contributed by atoms with Crippen molar-refractivity contribution in [2.24, 2.45) is 0 Å². The predicted molar refractivity (Wildman–Crippen MR) is 116 cm³/mol. The molecule has 134 valence electrons. The number of benzene rings is 3. The van der Waals surface area contributed by atoms with Gasteiger partial charge in [-0.3, -0.25) is 0 Å². The van der Waals surface area contributed by atoms with Crippen molar-refractivity contribution in [2.45, 2.75) is 6.54 Å². The molecule has 3 heteroatoms. The molecule has 0 radical (unpaired) electrons. The Bertz CT molecular complexity index is 1260. The monoisotopic (exact) mass is 361 g/mol. The van der Waals surface area contributed by atoms with Gasteiger partial charge >= 0.3 is 0 Å². The lowest BCUT2D eigenvalue weighted by Gasteiger charge is -2.13. The van der Waals surface area contributed by atoms with Gasteiger partial charge in [-0.2, -0.15) is 0 Å². The summed E-state index contributed by atoms with van der Waals surface area (Å²) in [4.78, 5) is 9.25. The van der Waals surface area contributed by atoms with Crippen LogP contribution in [0.25, 0.3) is 32.9 Å². The summed E-state index contributed by atoms with van der Waals surface area (Å²) in [5.74, 6) is 0.852. The fourth-order valence-corrected chi connectivity index (χ4v) is 3.50. The smallest absolute Gasteiger partial charge is 0.161 e. The molecule has 0 atom stereocenters. The molecule has 0 aliphatic carbocycles. The van der Waals surface area contributed by atoms with Crippen molar-refractivity contribution in [1.82, 2.24) is 9.97 Å². The Labute approximate surface area is 163 Å². The Morgan fingerprint density at radius 3 is 2.36 bits per heavy atom. The molecule has 0 unspecified atom stereocenters. The van der Waals surface area contributed by atoms with Gasteiger partial charge in [0.2, 0.25) is 0 Å². The van der Waals surface area contributed by atoms with Crippen molar-refractivity contribution in [3.8, 4) is 11.1 Å². The molecule has 2 heterocycles. The van der Waals surface area contributed by atoms with Crippen molar-refractivity contribution in [2.75, 3.05) is 5.32 Å². The molecule has 28 heavy (non-hydrogen) atoms. The van der Waals surface area contributed by atoms with Crippen molar-refractivity contribution in [3.63, 3.8) is 0 Å². The number of pyridine rings is 2. The summed E-state index contributed by atoms with van der Waals surface area (Å²) in [5, 5.41) is 7.01. The van der Waals surface area contributed by atoms with E-state index in [0.717, 1.165) is 28.0 Å². The summed E-state index contributed by atoms with van der Waals surface area (Å²) in [5.41, 5.74) is 4.20. The Balaban J connectivity index is 1.62. The average Bonchev–Trinajstić information content (AvgIpc) is 2.77. The molecular weight excluding hydrogens is 342 g/mol. The topological polar surface area (TPSA) is 37.8 Å². The van der Waals surface area contributed by atoms with E-state index in [2.05, 4.69) is 89.2 Å². The molecular formula is C25H19N3. The van der Waals surface area contributed by atoms with Crippen molar-refractivity contribution < 1.29 is 0 Å². The first-order valence-electron chi connectivity index (χ1n) is 9.39. The summed E-state index contributed by atoms with van der Waals surface area (Å²) in [6.07, 6.45) is 1.78. The molecule has 0 spiro atoms. The van der Waals surface area contributed by atoms with Crippen LogP contribution in [0.5, 0.6) is 0 Å². The zero-order valence-electron chi connectivity index (χ0n) is 15.3. The lowest BCUT2D eigenvalue weighted by atomic mass is 10.0. The van der Waals surface area contributed by atoms with Crippen molar-refractivity contribution in [3.05, 3.63) is 103 Å². The van der Waals surface area contributed by atoms with Gasteiger partial charge in [0, 0.05) is 23.7 Å². The molecule has 3 aromatic carbocycles. The quantitative estimate of drug-likeness (QED) is 0.423. The number of rotatable bonds is 4. The Hall–Kier alpha value is -3.72. The highest BCUT2D eigenvalue weighted by Crippen LogP contribution is 2.32. The normalized spacial score (nSPS) is 11.0. The lowest BCUT2D eigenvalue weighted by molar-refractivity contribution is 1.12. The van der Waals surface area contributed by atoms with E-state index < -0.39 is 0 Å². The molecule has 2 aromatic heterocycles. The van der Waals surface area contributed by atoms with Crippen LogP contribution in [0.15, 0.2) is 97.2 Å². The molecule has 0 aliphatic heterocycles. The largest absolute Gasteiger partial charge is 0.365 e. The van der Waals surface area contributed by atoms with Gasteiger partial charge in [0.05, 0.1) is 0 Å². The molecule has 0 amide bonds. The van der Waals surface area contributed by atoms with Crippen LogP contribution in [-0.2, 0) is 6.54 Å². The first kappa shape index (κ1) is 16.5. The third kappa shape index (κ3) is 3.19. The molecule has 5 aromatic rings. The maximum atomic E-state index is 4.82. The van der Waals surface area contributed by atoms with Gasteiger partial charge in [0.15, 0.2) is 5.65 Å². The third-order valence-electron chi connectivity index (χ3n) is 4.95. The van der Waals surface area contributed by atoms with Gasteiger partial charge in [-0.25, -0.2) is 9.97 Å². The van der Waals surface area contributed by atoms with Crippen LogP contribution in [0.1, 0.15) is 5.56 Å². The van der Waals surface area contributed by atoms with E-state index in [1.807, 2.05) is 12.1 Å². The maximum absolute atomic E-state index is 4.82. The van der Waals surface area contributed by atoms with E-state index in [-0.39, 0.29) is 0 Å². The highest BCUT2D eigenvalue weighted by Gasteiger charge is 2.10. The minimum Gasteiger partial charge on any atom is -0.365 e. The maximum Gasteiger partial charge on any atom is 0.161 e. The minimum atomic E-state index is 0.715. The molecule has 0 fully saturated rings. The van der Waals surface area contributed by atoms with Gasteiger partial charge < -0.3 is 5.32 Å². The summed E-state index contributed by atoms with van der Waals surface area (Å²) >= 11 is 0. The molecule has 0 saturated carbocycles. The van der Waals surface area contributed by atoms with E-state index >= 15 is 0 Å². The second-order valence-corrected chi connectivity index (χ2v) is 6.84. The molecule has 0 saturated heterocycles. The van der Waals surface area contributed by atoms with E-state index in [0.29, 0.717) is 6.54 Å². The highest BCUT2D eigenvalue weighted by molar-refractivity contribution is 5.92. The molecule has 5 rings (SSSR count). The number of nitrogens with one attached hydrogen (secondary N) is 1. The van der Waals surface area contributed by atoms with Crippen LogP contribution in [0, 0.1) is 0 Å². The SMILES string of the molecule is c1ccc(CNc2nc3ncccc3cc2-c2ccc3ccccc3c2)cc1. The fraction of sp³-hybridized carbons (Fsp3) is 0.0400. The Morgan fingerprint density at radius 1 is 0.679 bits per heavy atom. The number of nitrogens with zero attached hydrogens (tertiary/aromatic N) is 2. The first-order chi connectivity index (χ1) is 13.9. The number of anilines is 1. The number of hydrogen-bond acceptors (Lipinski definition) is 3. The second-order valence-electron chi connectivity index (χ2n) is 6.84. The van der Waals surface area contributed by atoms with Crippen LogP contribution in [0.4, 0.5) is 5.82 Å². The standard InChI is InChI=1S/C25H19N3/c1-2-7-18(8-3-1)17-27-25-23(16-22-11-6-14-26-24(22)28-25)21-13-12-19-9-4-5-10-20(19)15-21/h1-16H,17H2,(H,26,27,28). The molecule has 0 bridgehead atoms. The van der Waals surface area contributed by atoms with Crippen LogP contribution < -0.4 is 5.32 Å². The number of aromatic nitrogens is 2. The van der Waals surface area contributed by atoms with Crippen molar-refractivity contribution in [1.29, 1.82) is 0 Å². The summed E-state index contributed by atoms with van der Waals surface area (Å²) in [7, 11) is 0. The van der Waals surface area contributed by atoms with Crippen LogP contribution in [0.2, 0.25) is 0 Å². The van der Waals surface area contributed by atoms with Crippen molar-refractivity contribution >= 4 is 27.6 Å². The van der Waals surface area contributed by atoms with E-state index in [4.69, 9.17) is 4.98 Å². The summed E-state index contributed by atoms with van der Waals surface area (Å²) < 4.78 is 0. The Morgan fingerprint density at radius 2 is 1.46 bits per heavy atom. The zero-order chi connectivity index (χ0) is 18.8. The molecule has 0 aliphatic rings. The number of hydrogen-bond donors (Lipinski definition) is 1. The molecule has 1 N–H and O–H groups in total. The first-order valence-corrected chi connectivity index (χ1v) is 9.39.